The Balaban J connectivity index is 1.24. The van der Waals surface area contributed by atoms with E-state index in [9.17, 15) is 21.0 Å². The van der Waals surface area contributed by atoms with Gasteiger partial charge in [-0.3, -0.25) is 4.98 Å². The first-order chi connectivity index (χ1) is 31.5. The highest BCUT2D eigenvalue weighted by Gasteiger charge is 2.23. The summed E-state index contributed by atoms with van der Waals surface area (Å²) in [7, 11) is 0. The maximum atomic E-state index is 9.93. The van der Waals surface area contributed by atoms with Crippen LogP contribution in [-0.4, -0.2) is 29.1 Å². The lowest BCUT2D eigenvalue weighted by Crippen LogP contribution is -2.04. The largest absolute Gasteiger partial charge is 0.309 e. The average Bonchev–Trinajstić information content (AvgIpc) is 3.87. The van der Waals surface area contributed by atoms with Crippen LogP contribution in [0.3, 0.4) is 0 Å². The third-order valence-corrected chi connectivity index (χ3v) is 11.6. The predicted octanol–water partition coefficient (Wildman–Crippen LogP) is 11.6. The first kappa shape index (κ1) is 37.3. The van der Waals surface area contributed by atoms with Gasteiger partial charge < -0.3 is 9.13 Å². The topological polar surface area (TPSA) is 157 Å². The number of nitrogens with zero attached hydrogens (tertiary/aromatic N) is 10. The molecule has 11 aromatic rings. The molecular weight excluding hydrogens is 789 g/mol. The first-order valence-electron chi connectivity index (χ1n) is 20.3. The van der Waals surface area contributed by atoms with Crippen LogP contribution >= 0.6 is 0 Å². The lowest BCUT2D eigenvalue weighted by atomic mass is 9.97. The third kappa shape index (κ3) is 6.08. The Kier molecular flexibility index (Phi) is 8.77. The van der Waals surface area contributed by atoms with Crippen LogP contribution in [0.15, 0.2) is 170 Å². The van der Waals surface area contributed by atoms with Crippen molar-refractivity contribution in [1.29, 1.82) is 21.0 Å². The number of nitriles is 4. The van der Waals surface area contributed by atoms with E-state index >= 15 is 0 Å². The Morgan fingerprint density at radius 3 is 1.27 bits per heavy atom. The van der Waals surface area contributed by atoms with Crippen LogP contribution in [-0.2, 0) is 0 Å². The molecule has 7 aromatic carbocycles. The Labute approximate surface area is 365 Å². The van der Waals surface area contributed by atoms with Crippen LogP contribution in [0.2, 0.25) is 0 Å². The van der Waals surface area contributed by atoms with E-state index in [2.05, 4.69) is 39.5 Å². The standard InChI is InChI=1S/C54H28N10/c55-28-33-11-17-47-42(23-33)43-24-34(29-56)12-18-48(43)63(47)39-15-16-40(54-61-52(37-7-3-1-4-8-37)60-53(62-54)38-9-5-2-6-10-38)41(27-39)46-32-59-22-21-51(46)64-49-19-13-35(30-57)25-44(49)45-26-36(31-58)14-20-50(45)64/h1-27,32H. The summed E-state index contributed by atoms with van der Waals surface area (Å²) in [6, 6.07) is 59.3. The molecule has 0 aliphatic rings. The number of benzene rings is 7. The predicted molar refractivity (Wildman–Crippen MR) is 247 cm³/mol. The van der Waals surface area contributed by atoms with E-state index in [0.29, 0.717) is 45.3 Å². The summed E-state index contributed by atoms with van der Waals surface area (Å²) >= 11 is 0. The molecule has 0 atom stereocenters. The molecule has 0 bridgehead atoms. The normalized spacial score (nSPS) is 11.1. The molecule has 10 nitrogen and oxygen atoms in total. The molecule has 64 heavy (non-hydrogen) atoms. The molecule has 0 spiro atoms. The lowest BCUT2D eigenvalue weighted by molar-refractivity contribution is 1.07. The van der Waals surface area contributed by atoms with Gasteiger partial charge in [-0.05, 0) is 103 Å². The lowest BCUT2D eigenvalue weighted by Gasteiger charge is -2.18. The minimum Gasteiger partial charge on any atom is -0.309 e. The van der Waals surface area contributed by atoms with E-state index in [-0.39, 0.29) is 0 Å². The molecule has 0 N–H and O–H groups in total. The summed E-state index contributed by atoms with van der Waals surface area (Å²) in [6.07, 6.45) is 3.59. The summed E-state index contributed by atoms with van der Waals surface area (Å²) in [6.45, 7) is 0. The fourth-order valence-electron chi connectivity index (χ4n) is 8.67. The highest BCUT2D eigenvalue weighted by atomic mass is 15.0. The number of fused-ring (bicyclic) bond motifs is 6. The summed E-state index contributed by atoms with van der Waals surface area (Å²) < 4.78 is 4.29. The average molecular weight is 817 g/mol. The minimum atomic E-state index is 0.447. The van der Waals surface area contributed by atoms with E-state index in [4.69, 9.17) is 19.9 Å². The molecule has 0 unspecified atom stereocenters. The van der Waals surface area contributed by atoms with Gasteiger partial charge in [0.05, 0.1) is 74.3 Å². The Bertz CT molecular complexity index is 3690. The van der Waals surface area contributed by atoms with Gasteiger partial charge >= 0.3 is 0 Å². The van der Waals surface area contributed by atoms with Crippen LogP contribution in [0.1, 0.15) is 22.3 Å². The van der Waals surface area contributed by atoms with Crippen LogP contribution in [0.4, 0.5) is 0 Å². The molecule has 0 saturated heterocycles. The fraction of sp³-hybridized carbons (Fsp3) is 0. The zero-order chi connectivity index (χ0) is 43.3. The van der Waals surface area contributed by atoms with Crippen molar-refractivity contribution in [2.24, 2.45) is 0 Å². The van der Waals surface area contributed by atoms with Gasteiger partial charge in [0.25, 0.3) is 0 Å². The second-order valence-corrected chi connectivity index (χ2v) is 15.2. The monoisotopic (exact) mass is 816 g/mol. The van der Waals surface area contributed by atoms with Gasteiger partial charge in [-0.1, -0.05) is 60.7 Å². The van der Waals surface area contributed by atoms with Gasteiger partial charge in [-0.2, -0.15) is 21.0 Å². The van der Waals surface area contributed by atoms with Gasteiger partial charge in [-0.25, -0.2) is 15.0 Å². The van der Waals surface area contributed by atoms with Crippen molar-refractivity contribution in [2.45, 2.75) is 0 Å². The molecule has 0 radical (unpaired) electrons. The summed E-state index contributed by atoms with van der Waals surface area (Å²) in [5.74, 6) is 1.47. The van der Waals surface area contributed by atoms with Crippen molar-refractivity contribution in [2.75, 3.05) is 0 Å². The molecule has 4 aromatic heterocycles. The summed E-state index contributed by atoms with van der Waals surface area (Å²) in [4.78, 5) is 20.0. The number of hydrogen-bond acceptors (Lipinski definition) is 8. The first-order valence-corrected chi connectivity index (χ1v) is 20.3. The van der Waals surface area contributed by atoms with Gasteiger partial charge in [0.15, 0.2) is 17.5 Å². The van der Waals surface area contributed by atoms with Crippen molar-refractivity contribution in [3.05, 3.63) is 192 Å². The number of hydrogen-bond donors (Lipinski definition) is 0. The van der Waals surface area contributed by atoms with Crippen LogP contribution < -0.4 is 0 Å². The molecule has 0 amide bonds. The van der Waals surface area contributed by atoms with Crippen molar-refractivity contribution in [3.63, 3.8) is 0 Å². The molecule has 4 heterocycles. The maximum Gasteiger partial charge on any atom is 0.164 e. The van der Waals surface area contributed by atoms with Crippen LogP contribution in [0.5, 0.6) is 0 Å². The second-order valence-electron chi connectivity index (χ2n) is 15.2. The number of pyridine rings is 1. The molecular formula is C54H28N10. The Hall–Kier alpha value is -9.74. The SMILES string of the molecule is N#Cc1ccc2c(c1)c1cc(C#N)ccc1n2-c1ccc(-c2nc(-c3ccccc3)nc(-c3ccccc3)n2)c(-c2cnccc2-n2c3ccc(C#N)cc3c3cc(C#N)ccc32)c1. The molecule has 294 valence electrons. The van der Waals surface area contributed by atoms with E-state index in [1.807, 2.05) is 134 Å². The van der Waals surface area contributed by atoms with Gasteiger partial charge in [0.1, 0.15) is 0 Å². The zero-order valence-corrected chi connectivity index (χ0v) is 33.6. The number of rotatable bonds is 6. The van der Waals surface area contributed by atoms with E-state index in [1.54, 1.807) is 30.5 Å². The molecule has 11 rings (SSSR count). The van der Waals surface area contributed by atoms with Crippen molar-refractivity contribution < 1.29 is 0 Å². The molecule has 0 fully saturated rings. The fourth-order valence-corrected chi connectivity index (χ4v) is 8.67. The van der Waals surface area contributed by atoms with Gasteiger partial charge in [-0.15, -0.1) is 0 Å². The maximum absolute atomic E-state index is 9.93. The molecule has 0 saturated carbocycles. The zero-order valence-electron chi connectivity index (χ0n) is 33.6. The highest BCUT2D eigenvalue weighted by molar-refractivity contribution is 6.12. The van der Waals surface area contributed by atoms with Gasteiger partial charge in [0, 0.05) is 61.9 Å². The van der Waals surface area contributed by atoms with Crippen molar-refractivity contribution in [3.8, 4) is 80.9 Å². The highest BCUT2D eigenvalue weighted by Crippen LogP contribution is 2.42. The second kappa shape index (κ2) is 15.1. The van der Waals surface area contributed by atoms with Crippen LogP contribution in [0, 0.1) is 45.3 Å². The Morgan fingerprint density at radius 2 is 0.812 bits per heavy atom. The number of aromatic nitrogens is 6. The quantitative estimate of drug-likeness (QED) is 0.160. The minimum absolute atomic E-state index is 0.447. The molecule has 0 aliphatic carbocycles. The van der Waals surface area contributed by atoms with E-state index < -0.39 is 0 Å². The third-order valence-electron chi connectivity index (χ3n) is 11.6. The Morgan fingerprint density at radius 1 is 0.375 bits per heavy atom. The molecule has 10 heteroatoms. The molecule has 0 aliphatic heterocycles. The summed E-state index contributed by atoms with van der Waals surface area (Å²) in [5.41, 5.74) is 10.9. The van der Waals surface area contributed by atoms with Crippen LogP contribution in [0.25, 0.3) is 100 Å². The van der Waals surface area contributed by atoms with Crippen molar-refractivity contribution in [1.82, 2.24) is 29.1 Å². The van der Waals surface area contributed by atoms with E-state index in [0.717, 1.165) is 77.2 Å². The smallest absolute Gasteiger partial charge is 0.164 e. The van der Waals surface area contributed by atoms with Crippen molar-refractivity contribution >= 4 is 43.6 Å². The summed E-state index contributed by atoms with van der Waals surface area (Å²) in [5, 5.41) is 43.0. The van der Waals surface area contributed by atoms with Gasteiger partial charge in [0.2, 0.25) is 0 Å². The van der Waals surface area contributed by atoms with E-state index in [1.165, 1.54) is 0 Å².